The molecule has 0 saturated carbocycles. The van der Waals surface area contributed by atoms with Crippen LogP contribution < -0.4 is 0 Å². The molecule has 4 nitrogen and oxygen atoms in total. The molecule has 30 heavy (non-hydrogen) atoms. The second-order valence-electron chi connectivity index (χ2n) is 8.63. The average molecular weight is 406 g/mol. The summed E-state index contributed by atoms with van der Waals surface area (Å²) in [5.74, 6) is 1.45. The fraction of sp³-hybridized carbons (Fsp3) is 0.500. The number of methoxy groups -OCH3 is 1. The van der Waals surface area contributed by atoms with Crippen molar-refractivity contribution < 1.29 is 4.74 Å². The number of nitrogens with one attached hydrogen (secondary N) is 2. The first-order chi connectivity index (χ1) is 14.8. The number of hydrogen-bond donors (Lipinski definition) is 2. The summed E-state index contributed by atoms with van der Waals surface area (Å²) in [5, 5.41) is 0. The summed E-state index contributed by atoms with van der Waals surface area (Å²) in [6.45, 7) is 2.30. The molecule has 2 aromatic rings. The van der Waals surface area contributed by atoms with E-state index in [1.165, 1.54) is 74.7 Å². The SMILES string of the molecule is CCCC1CCCCCCCCc2cc1c(/C=C1/N=C(c3ccc[nH]3)C=C1OC)[nH]2. The van der Waals surface area contributed by atoms with Gasteiger partial charge < -0.3 is 14.7 Å². The molecular weight excluding hydrogens is 370 g/mol. The lowest BCUT2D eigenvalue weighted by molar-refractivity contribution is 0.303. The molecule has 1 aliphatic heterocycles. The van der Waals surface area contributed by atoms with E-state index in [2.05, 4.69) is 29.0 Å². The lowest BCUT2D eigenvalue weighted by Crippen LogP contribution is -2.00. The second-order valence-corrected chi connectivity index (χ2v) is 8.63. The highest BCUT2D eigenvalue weighted by atomic mass is 16.5. The summed E-state index contributed by atoms with van der Waals surface area (Å²) >= 11 is 0. The van der Waals surface area contributed by atoms with Gasteiger partial charge >= 0.3 is 0 Å². The zero-order valence-electron chi connectivity index (χ0n) is 18.5. The standard InChI is InChI=1S/C26H35N3O/c1-3-11-19-12-8-6-4-5-7-9-13-20-16-21(19)23(28-20)17-25-26(30-2)18-24(29-25)22-14-10-15-27-22/h10,14-19,27-28H,3-9,11-13H2,1-2H3/b25-17+. The van der Waals surface area contributed by atoms with Crippen LogP contribution in [0, 0.1) is 0 Å². The topological polar surface area (TPSA) is 53.2 Å². The van der Waals surface area contributed by atoms with Gasteiger partial charge in [-0.3, -0.25) is 0 Å². The van der Waals surface area contributed by atoms with Crippen molar-refractivity contribution in [2.45, 2.75) is 77.0 Å². The van der Waals surface area contributed by atoms with Crippen LogP contribution in [-0.4, -0.2) is 22.8 Å². The van der Waals surface area contributed by atoms with E-state index in [0.29, 0.717) is 5.92 Å². The van der Waals surface area contributed by atoms with E-state index in [9.17, 15) is 0 Å². The smallest absolute Gasteiger partial charge is 0.146 e. The monoisotopic (exact) mass is 405 g/mol. The number of nitrogens with zero attached hydrogens (tertiary/aromatic N) is 1. The van der Waals surface area contributed by atoms with E-state index >= 15 is 0 Å². The van der Waals surface area contributed by atoms with Gasteiger partial charge in [0.2, 0.25) is 0 Å². The third-order valence-corrected chi connectivity index (χ3v) is 6.40. The van der Waals surface area contributed by atoms with Gasteiger partial charge in [-0.05, 0) is 61.4 Å². The van der Waals surface area contributed by atoms with Gasteiger partial charge in [-0.15, -0.1) is 0 Å². The minimum atomic E-state index is 0.620. The summed E-state index contributed by atoms with van der Waals surface area (Å²) < 4.78 is 5.67. The van der Waals surface area contributed by atoms with E-state index < -0.39 is 0 Å². The Hall–Kier alpha value is -2.49. The van der Waals surface area contributed by atoms with Crippen molar-refractivity contribution in [2.75, 3.05) is 7.11 Å². The Kier molecular flexibility index (Phi) is 6.93. The maximum Gasteiger partial charge on any atom is 0.146 e. The fourth-order valence-corrected chi connectivity index (χ4v) is 4.80. The summed E-state index contributed by atoms with van der Waals surface area (Å²) in [4.78, 5) is 11.9. The molecule has 3 heterocycles. The molecule has 160 valence electrons. The van der Waals surface area contributed by atoms with Gasteiger partial charge in [0.1, 0.15) is 11.5 Å². The third-order valence-electron chi connectivity index (χ3n) is 6.40. The molecule has 2 aromatic heterocycles. The average Bonchev–Trinajstić information content (AvgIpc) is 3.48. The Morgan fingerprint density at radius 2 is 2.00 bits per heavy atom. The number of hydrogen-bond acceptors (Lipinski definition) is 2. The number of allylic oxidation sites excluding steroid dienone is 1. The molecule has 0 fully saturated rings. The van der Waals surface area contributed by atoms with Crippen molar-refractivity contribution in [1.82, 2.24) is 9.97 Å². The Bertz CT molecular complexity index is 914. The molecule has 1 aliphatic carbocycles. The molecule has 0 aromatic carbocycles. The molecule has 2 N–H and O–H groups in total. The summed E-state index contributed by atoms with van der Waals surface area (Å²) in [6, 6.07) is 6.48. The normalized spacial score (nSPS) is 21.7. The maximum atomic E-state index is 5.67. The minimum absolute atomic E-state index is 0.620. The van der Waals surface area contributed by atoms with E-state index in [0.717, 1.165) is 29.3 Å². The molecule has 0 saturated heterocycles. The van der Waals surface area contributed by atoms with Crippen LogP contribution in [0.25, 0.3) is 6.08 Å². The molecule has 2 aliphatic rings. The third kappa shape index (κ3) is 4.80. The molecule has 4 rings (SSSR count). The van der Waals surface area contributed by atoms with Crippen LogP contribution in [0.1, 0.15) is 93.3 Å². The van der Waals surface area contributed by atoms with Gasteiger partial charge in [0.05, 0.1) is 18.5 Å². The van der Waals surface area contributed by atoms with Crippen LogP contribution in [-0.2, 0) is 11.2 Å². The van der Waals surface area contributed by atoms with Crippen molar-refractivity contribution in [3.63, 3.8) is 0 Å². The lowest BCUT2D eigenvalue weighted by Gasteiger charge is -2.17. The van der Waals surface area contributed by atoms with Crippen LogP contribution in [0.15, 0.2) is 46.9 Å². The summed E-state index contributed by atoms with van der Waals surface area (Å²) in [5.41, 5.74) is 6.90. The van der Waals surface area contributed by atoms with E-state index in [4.69, 9.17) is 9.73 Å². The van der Waals surface area contributed by atoms with Crippen LogP contribution in [0.3, 0.4) is 0 Å². The first-order valence-electron chi connectivity index (χ1n) is 11.7. The number of rotatable bonds is 5. The van der Waals surface area contributed by atoms with Crippen molar-refractivity contribution >= 4 is 11.8 Å². The molecular formula is C26H35N3O. The number of aryl methyl sites for hydroxylation is 1. The maximum absolute atomic E-state index is 5.67. The number of aromatic amines is 2. The predicted molar refractivity (Wildman–Crippen MR) is 125 cm³/mol. The summed E-state index contributed by atoms with van der Waals surface area (Å²) in [6.07, 6.45) is 19.1. The molecule has 4 heteroatoms. The highest BCUT2D eigenvalue weighted by Gasteiger charge is 2.21. The van der Waals surface area contributed by atoms with Crippen LogP contribution in [0.5, 0.6) is 0 Å². The van der Waals surface area contributed by atoms with E-state index in [-0.39, 0.29) is 0 Å². The van der Waals surface area contributed by atoms with Gasteiger partial charge in [-0.2, -0.15) is 0 Å². The number of fused-ring (bicyclic) bond motifs is 2. The van der Waals surface area contributed by atoms with Crippen molar-refractivity contribution in [1.29, 1.82) is 0 Å². The number of aliphatic imine (C=N–C) groups is 1. The predicted octanol–water partition coefficient (Wildman–Crippen LogP) is 6.89. The van der Waals surface area contributed by atoms with Crippen LogP contribution >= 0.6 is 0 Å². The first kappa shape index (κ1) is 20.8. The largest absolute Gasteiger partial charge is 0.494 e. The molecule has 1 unspecified atom stereocenters. The molecule has 0 amide bonds. The van der Waals surface area contributed by atoms with Gasteiger partial charge in [0.25, 0.3) is 0 Å². The quantitative estimate of drug-likeness (QED) is 0.559. The van der Waals surface area contributed by atoms with Crippen molar-refractivity contribution in [2.24, 2.45) is 4.99 Å². The highest BCUT2D eigenvalue weighted by molar-refractivity contribution is 6.11. The minimum Gasteiger partial charge on any atom is -0.494 e. The van der Waals surface area contributed by atoms with Gasteiger partial charge in [0.15, 0.2) is 0 Å². The Morgan fingerprint density at radius 1 is 1.17 bits per heavy atom. The molecule has 0 spiro atoms. The molecule has 0 radical (unpaired) electrons. The fourth-order valence-electron chi connectivity index (χ4n) is 4.80. The first-order valence-corrected chi connectivity index (χ1v) is 11.7. The highest BCUT2D eigenvalue weighted by Crippen LogP contribution is 2.34. The van der Waals surface area contributed by atoms with Crippen molar-refractivity contribution in [3.05, 3.63) is 64.6 Å². The molecule has 1 atom stereocenters. The lowest BCUT2D eigenvalue weighted by atomic mass is 9.88. The summed E-state index contributed by atoms with van der Waals surface area (Å²) in [7, 11) is 1.73. The Morgan fingerprint density at radius 3 is 2.77 bits per heavy atom. The van der Waals surface area contributed by atoms with Gasteiger partial charge in [0, 0.05) is 23.7 Å². The Labute approximate surface area is 180 Å². The second kappa shape index (κ2) is 10.0. The van der Waals surface area contributed by atoms with Crippen LogP contribution in [0.4, 0.5) is 0 Å². The number of H-pyrrole nitrogens is 2. The Balaban J connectivity index is 1.69. The zero-order chi connectivity index (χ0) is 20.8. The van der Waals surface area contributed by atoms with Crippen molar-refractivity contribution in [3.8, 4) is 0 Å². The number of ether oxygens (including phenoxy) is 1. The zero-order valence-corrected chi connectivity index (χ0v) is 18.5. The molecule has 2 bridgehead atoms. The van der Waals surface area contributed by atoms with Crippen LogP contribution in [0.2, 0.25) is 0 Å². The van der Waals surface area contributed by atoms with Gasteiger partial charge in [-0.25, -0.2) is 4.99 Å². The van der Waals surface area contributed by atoms with Gasteiger partial charge in [-0.1, -0.05) is 45.4 Å². The van der Waals surface area contributed by atoms with E-state index in [1.54, 1.807) is 7.11 Å². The number of aromatic nitrogens is 2. The van der Waals surface area contributed by atoms with E-state index in [1.807, 2.05) is 24.4 Å².